The zero-order valence-electron chi connectivity index (χ0n) is 32.1. The van der Waals surface area contributed by atoms with Crippen molar-refractivity contribution in [2.24, 2.45) is 5.92 Å². The highest BCUT2D eigenvalue weighted by Crippen LogP contribution is 2.28. The molecule has 0 aliphatic carbocycles. The number of hydrogen-bond acceptors (Lipinski definition) is 8. The number of hydrogen-bond donors (Lipinski definition) is 3. The lowest BCUT2D eigenvalue weighted by Crippen LogP contribution is -2.62. The third-order valence-electron chi connectivity index (χ3n) is 11.2. The van der Waals surface area contributed by atoms with Gasteiger partial charge in [0.05, 0.1) is 6.42 Å². The molecule has 4 heterocycles. The molecule has 3 N–H and O–H groups in total. The van der Waals surface area contributed by atoms with Gasteiger partial charge in [0.25, 0.3) is 0 Å². The van der Waals surface area contributed by atoms with Crippen LogP contribution in [0.5, 0.6) is 0 Å². The van der Waals surface area contributed by atoms with Crippen molar-refractivity contribution in [1.82, 2.24) is 30.7 Å². The summed E-state index contributed by atoms with van der Waals surface area (Å²) in [5.74, 6) is -3.85. The quantitative estimate of drug-likeness (QED) is 0.358. The number of piperidine rings is 1. The Labute approximate surface area is 332 Å². The third-order valence-corrected chi connectivity index (χ3v) is 11.4. The lowest BCUT2D eigenvalue weighted by molar-refractivity contribution is -0.158. The maximum atomic E-state index is 14.5. The molecule has 4 fully saturated rings. The number of ether oxygens (including phenoxy) is 1. The van der Waals surface area contributed by atoms with Gasteiger partial charge in [0.15, 0.2) is 0 Å². The summed E-state index contributed by atoms with van der Waals surface area (Å²) in [5, 5.41) is 8.91. The minimum absolute atomic E-state index is 0.0323. The predicted octanol–water partition coefficient (Wildman–Crippen LogP) is 2.07. The van der Waals surface area contributed by atoms with E-state index in [0.29, 0.717) is 55.7 Å². The average Bonchev–Trinajstić information content (AvgIpc) is 3.83. The van der Waals surface area contributed by atoms with Gasteiger partial charge in [0, 0.05) is 31.1 Å². The van der Waals surface area contributed by atoms with Crippen LogP contribution in [-0.4, -0.2) is 119 Å². The number of aryl methyl sites for hydroxylation is 1. The molecule has 0 bridgehead atoms. The fourth-order valence-corrected chi connectivity index (χ4v) is 8.43. The highest BCUT2D eigenvalue weighted by molar-refractivity contribution is 6.30. The second-order valence-corrected chi connectivity index (χ2v) is 16.1. The summed E-state index contributed by atoms with van der Waals surface area (Å²) in [6.45, 7) is 5.60. The first-order chi connectivity index (χ1) is 26.8. The fraction of sp³-hybridized carbons (Fsp3) is 0.537. The lowest BCUT2D eigenvalue weighted by Gasteiger charge is -2.39. The van der Waals surface area contributed by atoms with Crippen LogP contribution in [0.3, 0.4) is 0 Å². The van der Waals surface area contributed by atoms with Crippen LogP contribution in [0.2, 0.25) is 5.02 Å². The number of carbonyl (C=O) groups is 7. The Hall–Kier alpha value is -4.98. The molecule has 0 unspecified atom stereocenters. The van der Waals surface area contributed by atoms with E-state index in [4.69, 9.17) is 16.3 Å². The van der Waals surface area contributed by atoms with Gasteiger partial charge in [-0.25, -0.2) is 4.79 Å². The van der Waals surface area contributed by atoms with Crippen molar-refractivity contribution in [3.8, 4) is 0 Å². The minimum Gasteiger partial charge on any atom is -0.461 e. The van der Waals surface area contributed by atoms with Gasteiger partial charge in [-0.2, -0.15) is 0 Å². The molecule has 4 aliphatic rings. The molecule has 0 radical (unpaired) electrons. The van der Waals surface area contributed by atoms with Crippen LogP contribution >= 0.6 is 11.6 Å². The van der Waals surface area contributed by atoms with Crippen LogP contribution in [0.25, 0.3) is 0 Å². The second kappa shape index (κ2) is 17.9. The summed E-state index contributed by atoms with van der Waals surface area (Å²) in [6, 6.07) is 8.04. The number of cyclic esters (lactones) is 1. The van der Waals surface area contributed by atoms with E-state index >= 15 is 0 Å². The van der Waals surface area contributed by atoms with E-state index in [1.165, 1.54) is 14.7 Å². The topological polar surface area (TPSA) is 175 Å². The Balaban J connectivity index is 1.30. The van der Waals surface area contributed by atoms with Crippen molar-refractivity contribution in [2.45, 2.75) is 108 Å². The van der Waals surface area contributed by atoms with E-state index in [9.17, 15) is 33.6 Å². The van der Waals surface area contributed by atoms with Gasteiger partial charge in [0.2, 0.25) is 35.4 Å². The molecule has 6 rings (SSSR count). The lowest BCUT2D eigenvalue weighted by atomic mass is 9.99. The third kappa shape index (κ3) is 9.51. The Kier molecular flexibility index (Phi) is 13.0. The summed E-state index contributed by atoms with van der Waals surface area (Å²) in [5.41, 5.74) is 2.41. The van der Waals surface area contributed by atoms with Gasteiger partial charge in [-0.3, -0.25) is 28.8 Å². The van der Waals surface area contributed by atoms with Crippen LogP contribution in [0.1, 0.15) is 69.1 Å². The maximum absolute atomic E-state index is 14.5. The molecular weight excluding hydrogens is 740 g/mol. The van der Waals surface area contributed by atoms with E-state index in [0.717, 1.165) is 11.1 Å². The van der Waals surface area contributed by atoms with Crippen LogP contribution in [0.4, 0.5) is 0 Å². The average molecular weight is 791 g/mol. The number of nitrogens with one attached hydrogen (secondary N) is 3. The largest absolute Gasteiger partial charge is 0.461 e. The molecule has 0 saturated carbocycles. The van der Waals surface area contributed by atoms with Crippen molar-refractivity contribution >= 4 is 53.0 Å². The number of halogens is 1. The van der Waals surface area contributed by atoms with Gasteiger partial charge in [-0.1, -0.05) is 60.5 Å². The molecule has 2 aromatic rings. The van der Waals surface area contributed by atoms with Gasteiger partial charge < -0.3 is 35.4 Å². The Morgan fingerprint density at radius 2 is 1.57 bits per heavy atom. The van der Waals surface area contributed by atoms with Crippen LogP contribution in [-0.2, 0) is 51.1 Å². The van der Waals surface area contributed by atoms with Gasteiger partial charge in [-0.05, 0) is 81.5 Å². The number of carbonyl (C=O) groups excluding carboxylic acids is 7. The monoisotopic (exact) mass is 790 g/mol. The molecule has 6 amide bonds. The number of rotatable bonds is 7. The molecule has 7 atom stereocenters. The zero-order valence-corrected chi connectivity index (χ0v) is 32.9. The van der Waals surface area contributed by atoms with E-state index in [1.54, 1.807) is 31.2 Å². The SMILES string of the molecule is Cc1cccc(C[C@H](NC(=O)Cc2ccc(Cl)cc2)C(=O)N[C@H]2COC(=O)[C@@H]3C[C@@H](C)CN3C(=O)[C@H](C)NC(=O)[C@@H]3CCCCN3C(=O)[C@@H]3CCCN3C2=O)c1. The van der Waals surface area contributed by atoms with Crippen LogP contribution in [0.15, 0.2) is 48.5 Å². The molecule has 2 aromatic carbocycles. The highest BCUT2D eigenvalue weighted by Gasteiger charge is 2.46. The summed E-state index contributed by atoms with van der Waals surface area (Å²) >= 11 is 6.03. The minimum atomic E-state index is -1.43. The zero-order chi connectivity index (χ0) is 40.1. The first-order valence-corrected chi connectivity index (χ1v) is 19.9. The fourth-order valence-electron chi connectivity index (χ4n) is 8.31. The molecule has 56 heavy (non-hydrogen) atoms. The Bertz CT molecular complexity index is 1840. The first-order valence-electron chi connectivity index (χ1n) is 19.6. The maximum Gasteiger partial charge on any atom is 0.328 e. The molecule has 4 aliphatic heterocycles. The molecule has 14 nitrogen and oxygen atoms in total. The Morgan fingerprint density at radius 1 is 0.857 bits per heavy atom. The van der Waals surface area contributed by atoms with Crippen molar-refractivity contribution < 1.29 is 38.3 Å². The van der Waals surface area contributed by atoms with Crippen molar-refractivity contribution in [1.29, 1.82) is 0 Å². The van der Waals surface area contributed by atoms with Crippen LogP contribution in [0, 0.1) is 12.8 Å². The number of benzene rings is 2. The number of amides is 6. The molecule has 15 heteroatoms. The number of fused-ring (bicyclic) bond motifs is 3. The van der Waals surface area contributed by atoms with Crippen molar-refractivity contribution in [2.75, 3.05) is 26.2 Å². The van der Waals surface area contributed by atoms with E-state index in [-0.39, 0.29) is 37.8 Å². The normalized spacial score (nSPS) is 26.8. The van der Waals surface area contributed by atoms with Crippen molar-refractivity contribution in [3.05, 3.63) is 70.2 Å². The summed E-state index contributed by atoms with van der Waals surface area (Å²) in [4.78, 5) is 102. The second-order valence-electron chi connectivity index (χ2n) is 15.6. The predicted molar refractivity (Wildman–Crippen MR) is 206 cm³/mol. The molecule has 0 aromatic heterocycles. The number of nitrogens with zero attached hydrogens (tertiary/aromatic N) is 3. The first kappa shape index (κ1) is 40.7. The molecule has 300 valence electrons. The standard InChI is InChI=1S/C41H51ClN6O8/c1-24-8-6-9-28(18-24)20-30(44-35(49)21-27-12-14-29(42)15-13-27)36(50)45-31-23-56-41(55)34-19-25(2)22-48(34)38(52)26(3)43-37(51)32-10-4-5-16-46(32)40(54)33-11-7-17-47(33)39(31)53/h6,8-9,12-15,18,25-26,30-34H,4-5,7,10-11,16-17,19-23H2,1-3H3,(H,43,51)(H,44,49)(H,45,50)/t25-,26+,30+,31+,32+,33+,34+/m1/s1. The van der Waals surface area contributed by atoms with Gasteiger partial charge >= 0.3 is 5.97 Å². The highest BCUT2D eigenvalue weighted by atomic mass is 35.5. The summed E-state index contributed by atoms with van der Waals surface area (Å²) < 4.78 is 5.76. The van der Waals surface area contributed by atoms with Crippen LogP contribution < -0.4 is 16.0 Å². The van der Waals surface area contributed by atoms with Gasteiger partial charge in [0.1, 0.15) is 42.9 Å². The van der Waals surface area contributed by atoms with E-state index in [1.807, 2.05) is 38.1 Å². The summed E-state index contributed by atoms with van der Waals surface area (Å²) in [6.07, 6.45) is 3.02. The Morgan fingerprint density at radius 3 is 2.32 bits per heavy atom. The van der Waals surface area contributed by atoms with Gasteiger partial charge in [-0.15, -0.1) is 0 Å². The number of esters is 1. The molecular formula is C41H51ClN6O8. The molecule has 4 saturated heterocycles. The smallest absolute Gasteiger partial charge is 0.328 e. The van der Waals surface area contributed by atoms with E-state index in [2.05, 4.69) is 16.0 Å². The summed E-state index contributed by atoms with van der Waals surface area (Å²) in [7, 11) is 0. The van der Waals surface area contributed by atoms with E-state index < -0.39 is 78.4 Å². The molecule has 0 spiro atoms. The van der Waals surface area contributed by atoms with Crippen molar-refractivity contribution in [3.63, 3.8) is 0 Å².